The van der Waals surface area contributed by atoms with Gasteiger partial charge in [-0.1, -0.05) is 29.8 Å². The van der Waals surface area contributed by atoms with Crippen LogP contribution in [0, 0.1) is 6.92 Å². The lowest BCUT2D eigenvalue weighted by Crippen LogP contribution is -2.44. The minimum absolute atomic E-state index is 1.06. The molecule has 3 nitrogen and oxygen atoms in total. The Labute approximate surface area is 120 Å². The molecule has 0 unspecified atom stereocenters. The average molecular weight is 267 g/mol. The Morgan fingerprint density at radius 1 is 0.950 bits per heavy atom. The van der Waals surface area contributed by atoms with Gasteiger partial charge < -0.3 is 9.80 Å². The molecule has 0 radical (unpaired) electrons. The maximum absolute atomic E-state index is 4.51. The molecule has 3 heteroatoms. The number of anilines is 1. The van der Waals surface area contributed by atoms with Gasteiger partial charge >= 0.3 is 0 Å². The third-order valence-corrected chi connectivity index (χ3v) is 3.96. The lowest BCUT2D eigenvalue weighted by Gasteiger charge is -2.34. The first-order valence-corrected chi connectivity index (χ1v) is 7.19. The first kappa shape index (κ1) is 13.1. The molecule has 0 amide bonds. The summed E-state index contributed by atoms with van der Waals surface area (Å²) in [7, 11) is 2.18. The van der Waals surface area contributed by atoms with Crippen molar-refractivity contribution in [2.75, 3.05) is 38.1 Å². The molecule has 0 spiro atoms. The monoisotopic (exact) mass is 267 g/mol. The number of aromatic nitrogens is 1. The Morgan fingerprint density at radius 2 is 1.65 bits per heavy atom. The van der Waals surface area contributed by atoms with Crippen LogP contribution >= 0.6 is 0 Å². The highest BCUT2D eigenvalue weighted by molar-refractivity contribution is 5.64. The third-order valence-electron chi connectivity index (χ3n) is 3.96. The van der Waals surface area contributed by atoms with Crippen LogP contribution in [0.3, 0.4) is 0 Å². The zero-order chi connectivity index (χ0) is 13.9. The summed E-state index contributed by atoms with van der Waals surface area (Å²) >= 11 is 0. The molecule has 1 aromatic heterocycles. The standard InChI is InChI=1S/C17H21N3/c1-14-3-5-15(6-4-14)17-13-16(7-8-18-17)20-11-9-19(2)10-12-20/h3-8,13H,9-12H2,1-2H3. The molecule has 1 aliphatic heterocycles. The van der Waals surface area contributed by atoms with Gasteiger partial charge in [0.25, 0.3) is 0 Å². The molecule has 1 saturated heterocycles. The maximum atomic E-state index is 4.51. The second kappa shape index (κ2) is 5.63. The van der Waals surface area contributed by atoms with Crippen molar-refractivity contribution in [2.24, 2.45) is 0 Å². The largest absolute Gasteiger partial charge is 0.369 e. The fourth-order valence-electron chi connectivity index (χ4n) is 2.56. The molecule has 0 atom stereocenters. The first-order valence-electron chi connectivity index (χ1n) is 7.19. The normalized spacial score (nSPS) is 16.4. The number of pyridine rings is 1. The lowest BCUT2D eigenvalue weighted by molar-refractivity contribution is 0.313. The maximum Gasteiger partial charge on any atom is 0.0722 e. The molecule has 3 rings (SSSR count). The van der Waals surface area contributed by atoms with E-state index in [4.69, 9.17) is 0 Å². The molecular weight excluding hydrogens is 246 g/mol. The fourth-order valence-corrected chi connectivity index (χ4v) is 2.56. The molecule has 1 aliphatic rings. The van der Waals surface area contributed by atoms with Crippen molar-refractivity contribution in [1.82, 2.24) is 9.88 Å². The van der Waals surface area contributed by atoms with Crippen LogP contribution in [-0.4, -0.2) is 43.1 Å². The van der Waals surface area contributed by atoms with Gasteiger partial charge in [-0.2, -0.15) is 0 Å². The number of benzene rings is 1. The van der Waals surface area contributed by atoms with Gasteiger partial charge in [0.05, 0.1) is 5.69 Å². The van der Waals surface area contributed by atoms with Gasteiger partial charge in [-0.15, -0.1) is 0 Å². The number of nitrogens with zero attached hydrogens (tertiary/aromatic N) is 3. The summed E-state index contributed by atoms with van der Waals surface area (Å²) in [6.45, 7) is 6.55. The molecule has 0 aliphatic carbocycles. The van der Waals surface area contributed by atoms with Crippen molar-refractivity contribution in [1.29, 1.82) is 0 Å². The summed E-state index contributed by atoms with van der Waals surface area (Å²) in [5.41, 5.74) is 4.81. The van der Waals surface area contributed by atoms with Crippen molar-refractivity contribution < 1.29 is 0 Å². The van der Waals surface area contributed by atoms with E-state index >= 15 is 0 Å². The van der Waals surface area contributed by atoms with Crippen molar-refractivity contribution in [3.05, 3.63) is 48.2 Å². The Kier molecular flexibility index (Phi) is 3.70. The smallest absolute Gasteiger partial charge is 0.0722 e. The molecule has 1 fully saturated rings. The minimum atomic E-state index is 1.06. The lowest BCUT2D eigenvalue weighted by atomic mass is 10.1. The summed E-state index contributed by atoms with van der Waals surface area (Å²) in [6.07, 6.45) is 1.92. The molecule has 0 bridgehead atoms. The van der Waals surface area contributed by atoms with Crippen LogP contribution in [0.2, 0.25) is 0 Å². The molecule has 2 heterocycles. The van der Waals surface area contributed by atoms with Gasteiger partial charge in [-0.05, 0) is 26.1 Å². The number of likely N-dealkylation sites (N-methyl/N-ethyl adjacent to an activating group) is 1. The Morgan fingerprint density at radius 3 is 2.35 bits per heavy atom. The van der Waals surface area contributed by atoms with E-state index in [-0.39, 0.29) is 0 Å². The summed E-state index contributed by atoms with van der Waals surface area (Å²) < 4.78 is 0. The molecular formula is C17H21N3. The van der Waals surface area contributed by atoms with Gasteiger partial charge in [0, 0.05) is 43.6 Å². The number of hydrogen-bond donors (Lipinski definition) is 0. The summed E-state index contributed by atoms with van der Waals surface area (Å²) in [6, 6.07) is 12.9. The predicted octanol–water partition coefficient (Wildman–Crippen LogP) is 2.81. The number of rotatable bonds is 2. The highest BCUT2D eigenvalue weighted by Crippen LogP contribution is 2.23. The van der Waals surface area contributed by atoms with Crippen LogP contribution < -0.4 is 4.90 Å². The van der Waals surface area contributed by atoms with Gasteiger partial charge in [-0.3, -0.25) is 4.98 Å². The van der Waals surface area contributed by atoms with Crippen molar-refractivity contribution in [2.45, 2.75) is 6.92 Å². The zero-order valence-electron chi connectivity index (χ0n) is 12.2. The average Bonchev–Trinajstić information content (AvgIpc) is 2.49. The molecule has 0 saturated carbocycles. The number of aryl methyl sites for hydroxylation is 1. The van der Waals surface area contributed by atoms with Crippen LogP contribution in [0.4, 0.5) is 5.69 Å². The predicted molar refractivity (Wildman–Crippen MR) is 84.1 cm³/mol. The van der Waals surface area contributed by atoms with E-state index in [2.05, 4.69) is 65.2 Å². The van der Waals surface area contributed by atoms with E-state index in [1.54, 1.807) is 0 Å². The van der Waals surface area contributed by atoms with E-state index in [1.165, 1.54) is 16.8 Å². The zero-order valence-corrected chi connectivity index (χ0v) is 12.2. The highest BCUT2D eigenvalue weighted by atomic mass is 15.2. The van der Waals surface area contributed by atoms with Crippen LogP contribution in [0.25, 0.3) is 11.3 Å². The summed E-state index contributed by atoms with van der Waals surface area (Å²) in [5, 5.41) is 0. The third kappa shape index (κ3) is 2.83. The highest BCUT2D eigenvalue weighted by Gasteiger charge is 2.14. The number of piperazine rings is 1. The van der Waals surface area contributed by atoms with Crippen molar-refractivity contribution in [3.63, 3.8) is 0 Å². The van der Waals surface area contributed by atoms with Gasteiger partial charge in [0.15, 0.2) is 0 Å². The van der Waals surface area contributed by atoms with Crippen molar-refractivity contribution in [3.8, 4) is 11.3 Å². The number of hydrogen-bond acceptors (Lipinski definition) is 3. The Balaban J connectivity index is 1.84. The fraction of sp³-hybridized carbons (Fsp3) is 0.353. The first-order chi connectivity index (χ1) is 9.72. The second-order valence-electron chi connectivity index (χ2n) is 5.56. The SMILES string of the molecule is Cc1ccc(-c2cc(N3CCN(C)CC3)ccn2)cc1. The van der Waals surface area contributed by atoms with Crippen LogP contribution in [0.15, 0.2) is 42.6 Å². The van der Waals surface area contributed by atoms with E-state index in [0.29, 0.717) is 0 Å². The minimum Gasteiger partial charge on any atom is -0.369 e. The molecule has 1 aromatic carbocycles. The van der Waals surface area contributed by atoms with Gasteiger partial charge in [0.1, 0.15) is 0 Å². The Bertz CT molecular complexity index is 569. The molecule has 0 N–H and O–H groups in total. The summed E-state index contributed by atoms with van der Waals surface area (Å²) in [5.74, 6) is 0. The van der Waals surface area contributed by atoms with E-state index in [0.717, 1.165) is 31.9 Å². The second-order valence-corrected chi connectivity index (χ2v) is 5.56. The van der Waals surface area contributed by atoms with Crippen LogP contribution in [0.1, 0.15) is 5.56 Å². The van der Waals surface area contributed by atoms with E-state index in [9.17, 15) is 0 Å². The van der Waals surface area contributed by atoms with Gasteiger partial charge in [0.2, 0.25) is 0 Å². The van der Waals surface area contributed by atoms with E-state index in [1.807, 2.05) is 6.20 Å². The molecule has 2 aromatic rings. The molecule has 20 heavy (non-hydrogen) atoms. The van der Waals surface area contributed by atoms with Crippen LogP contribution in [-0.2, 0) is 0 Å². The quantitative estimate of drug-likeness (QED) is 0.834. The summed E-state index contributed by atoms with van der Waals surface area (Å²) in [4.78, 5) is 9.33. The van der Waals surface area contributed by atoms with Crippen molar-refractivity contribution >= 4 is 5.69 Å². The van der Waals surface area contributed by atoms with Crippen LogP contribution in [0.5, 0.6) is 0 Å². The van der Waals surface area contributed by atoms with Gasteiger partial charge in [-0.25, -0.2) is 0 Å². The Hall–Kier alpha value is -1.87. The topological polar surface area (TPSA) is 19.4 Å². The van der Waals surface area contributed by atoms with E-state index < -0.39 is 0 Å². The molecule has 104 valence electrons.